The van der Waals surface area contributed by atoms with Crippen LogP contribution >= 0.6 is 11.8 Å². The van der Waals surface area contributed by atoms with Gasteiger partial charge in [-0.1, -0.05) is 36.4 Å². The normalized spacial score (nSPS) is 15.3. The Kier molecular flexibility index (Phi) is 5.27. The van der Waals surface area contributed by atoms with Crippen molar-refractivity contribution in [2.45, 2.75) is 17.7 Å². The SMILES string of the molecule is O=c1[nH]c2ccccc2n1C1=CCN(CCCSc2ccccc2)CC1. The first-order valence-corrected chi connectivity index (χ1v) is 10.1. The number of hydrogen-bond acceptors (Lipinski definition) is 3. The molecule has 0 fully saturated rings. The average Bonchev–Trinajstić information content (AvgIpc) is 3.02. The van der Waals surface area contributed by atoms with Crippen molar-refractivity contribution in [2.75, 3.05) is 25.4 Å². The van der Waals surface area contributed by atoms with E-state index in [2.05, 4.69) is 46.3 Å². The second-order valence-corrected chi connectivity index (χ2v) is 7.71. The standard InChI is InChI=1S/C21H23N3OS/c25-21-22-19-9-4-5-10-20(19)24(21)17-11-14-23(15-12-17)13-6-16-26-18-7-2-1-3-8-18/h1-5,7-11H,6,12-16H2,(H,22,25). The van der Waals surface area contributed by atoms with E-state index in [4.69, 9.17) is 0 Å². The molecule has 2 heterocycles. The van der Waals surface area contributed by atoms with E-state index < -0.39 is 0 Å². The van der Waals surface area contributed by atoms with Gasteiger partial charge in [0.25, 0.3) is 0 Å². The van der Waals surface area contributed by atoms with Gasteiger partial charge in [0.15, 0.2) is 0 Å². The predicted molar refractivity (Wildman–Crippen MR) is 110 cm³/mol. The Balaban J connectivity index is 1.33. The molecule has 1 aliphatic rings. The van der Waals surface area contributed by atoms with Crippen LogP contribution in [0.3, 0.4) is 0 Å². The molecule has 0 spiro atoms. The molecule has 1 N–H and O–H groups in total. The molecule has 0 saturated carbocycles. The molecule has 0 bridgehead atoms. The monoisotopic (exact) mass is 365 g/mol. The maximum atomic E-state index is 12.3. The molecule has 1 aliphatic heterocycles. The first-order chi connectivity index (χ1) is 12.8. The lowest BCUT2D eigenvalue weighted by Crippen LogP contribution is -2.32. The molecule has 0 unspecified atom stereocenters. The average molecular weight is 366 g/mol. The second kappa shape index (κ2) is 7.98. The summed E-state index contributed by atoms with van der Waals surface area (Å²) in [7, 11) is 0. The lowest BCUT2D eigenvalue weighted by Gasteiger charge is -2.26. The number of imidazole rings is 1. The van der Waals surface area contributed by atoms with Crippen LogP contribution in [0.2, 0.25) is 0 Å². The molecule has 0 radical (unpaired) electrons. The number of fused-ring (bicyclic) bond motifs is 1. The van der Waals surface area contributed by atoms with Crippen LogP contribution in [-0.4, -0.2) is 39.8 Å². The van der Waals surface area contributed by atoms with Gasteiger partial charge in [-0.05, 0) is 43.0 Å². The minimum atomic E-state index is -0.0369. The number of thioether (sulfide) groups is 1. The van der Waals surface area contributed by atoms with Crippen molar-refractivity contribution in [2.24, 2.45) is 0 Å². The Hall–Kier alpha value is -2.24. The van der Waals surface area contributed by atoms with Crippen LogP contribution in [0.4, 0.5) is 0 Å². The molecule has 1 aromatic heterocycles. The molecule has 4 rings (SSSR count). The van der Waals surface area contributed by atoms with E-state index in [1.54, 1.807) is 0 Å². The number of nitrogens with zero attached hydrogens (tertiary/aromatic N) is 2. The van der Waals surface area contributed by atoms with Gasteiger partial charge >= 0.3 is 5.69 Å². The summed E-state index contributed by atoms with van der Waals surface area (Å²) >= 11 is 1.92. The van der Waals surface area contributed by atoms with Crippen LogP contribution in [0.25, 0.3) is 16.7 Å². The molecule has 134 valence electrons. The molecule has 26 heavy (non-hydrogen) atoms. The van der Waals surface area contributed by atoms with Crippen LogP contribution in [-0.2, 0) is 0 Å². The third kappa shape index (κ3) is 3.79. The van der Waals surface area contributed by atoms with E-state index in [0.717, 1.165) is 48.5 Å². The summed E-state index contributed by atoms with van der Waals surface area (Å²) < 4.78 is 1.83. The maximum Gasteiger partial charge on any atom is 0.330 e. The minimum absolute atomic E-state index is 0.0369. The Morgan fingerprint density at radius 2 is 1.85 bits per heavy atom. The number of hydrogen-bond donors (Lipinski definition) is 1. The molecule has 3 aromatic rings. The van der Waals surface area contributed by atoms with E-state index in [0.29, 0.717) is 0 Å². The second-order valence-electron chi connectivity index (χ2n) is 6.54. The van der Waals surface area contributed by atoms with Gasteiger partial charge in [-0.25, -0.2) is 4.79 Å². The van der Waals surface area contributed by atoms with E-state index in [-0.39, 0.29) is 5.69 Å². The Bertz CT molecular complexity index is 958. The van der Waals surface area contributed by atoms with Gasteiger partial charge in [0, 0.05) is 30.1 Å². The van der Waals surface area contributed by atoms with E-state index >= 15 is 0 Å². The molecule has 5 heteroatoms. The molecule has 0 saturated heterocycles. The quantitative estimate of drug-likeness (QED) is 0.529. The number of aromatic nitrogens is 2. The third-order valence-electron chi connectivity index (χ3n) is 4.78. The highest BCUT2D eigenvalue weighted by molar-refractivity contribution is 7.99. The Labute approximate surface area is 157 Å². The lowest BCUT2D eigenvalue weighted by atomic mass is 10.2. The van der Waals surface area contributed by atoms with Crippen molar-refractivity contribution in [3.63, 3.8) is 0 Å². The first-order valence-electron chi connectivity index (χ1n) is 9.10. The van der Waals surface area contributed by atoms with Gasteiger partial charge in [0.2, 0.25) is 0 Å². The van der Waals surface area contributed by atoms with E-state index in [1.165, 1.54) is 11.3 Å². The highest BCUT2D eigenvalue weighted by Crippen LogP contribution is 2.21. The number of aromatic amines is 1. The maximum absolute atomic E-state index is 12.3. The zero-order valence-electron chi connectivity index (χ0n) is 14.7. The summed E-state index contributed by atoms with van der Waals surface area (Å²) in [5, 5.41) is 0. The summed E-state index contributed by atoms with van der Waals surface area (Å²) in [4.78, 5) is 19.1. The van der Waals surface area contributed by atoms with E-state index in [1.807, 2.05) is 40.6 Å². The Morgan fingerprint density at radius 1 is 1.04 bits per heavy atom. The topological polar surface area (TPSA) is 41.0 Å². The van der Waals surface area contributed by atoms with Crippen molar-refractivity contribution >= 4 is 28.5 Å². The third-order valence-corrected chi connectivity index (χ3v) is 5.88. The minimum Gasteiger partial charge on any atom is -0.305 e. The molecule has 0 amide bonds. The highest BCUT2D eigenvalue weighted by Gasteiger charge is 2.16. The van der Waals surface area contributed by atoms with Crippen LogP contribution in [0, 0.1) is 0 Å². The number of H-pyrrole nitrogens is 1. The lowest BCUT2D eigenvalue weighted by molar-refractivity contribution is 0.301. The zero-order chi connectivity index (χ0) is 17.8. The van der Waals surface area contributed by atoms with Crippen LogP contribution in [0.15, 0.2) is 70.4 Å². The zero-order valence-corrected chi connectivity index (χ0v) is 15.5. The van der Waals surface area contributed by atoms with Crippen molar-refractivity contribution in [3.8, 4) is 0 Å². The molecule has 4 nitrogen and oxygen atoms in total. The molecular weight excluding hydrogens is 342 g/mol. The van der Waals surface area contributed by atoms with Crippen molar-refractivity contribution < 1.29 is 0 Å². The summed E-state index contributed by atoms with van der Waals surface area (Å²) in [6.45, 7) is 3.03. The van der Waals surface area contributed by atoms with Crippen LogP contribution in [0.5, 0.6) is 0 Å². The smallest absolute Gasteiger partial charge is 0.305 e. The molecule has 2 aromatic carbocycles. The van der Waals surface area contributed by atoms with Gasteiger partial charge in [-0.2, -0.15) is 0 Å². The molecule has 0 aliphatic carbocycles. The number of benzene rings is 2. The van der Waals surface area contributed by atoms with Crippen molar-refractivity contribution in [3.05, 3.63) is 71.2 Å². The van der Waals surface area contributed by atoms with Gasteiger partial charge in [-0.15, -0.1) is 11.8 Å². The molecule has 0 atom stereocenters. The van der Waals surface area contributed by atoms with Crippen LogP contribution < -0.4 is 5.69 Å². The summed E-state index contributed by atoms with van der Waals surface area (Å²) in [6, 6.07) is 18.4. The van der Waals surface area contributed by atoms with E-state index in [9.17, 15) is 4.79 Å². The van der Waals surface area contributed by atoms with Crippen LogP contribution in [0.1, 0.15) is 12.8 Å². The fourth-order valence-corrected chi connectivity index (χ4v) is 4.30. The predicted octanol–water partition coefficient (Wildman–Crippen LogP) is 4.06. The number of para-hydroxylation sites is 2. The van der Waals surface area contributed by atoms with Gasteiger partial charge < -0.3 is 4.98 Å². The first kappa shape index (κ1) is 17.2. The summed E-state index contributed by atoms with van der Waals surface area (Å²) in [5.74, 6) is 1.14. The Morgan fingerprint density at radius 3 is 2.65 bits per heavy atom. The number of nitrogens with one attached hydrogen (secondary N) is 1. The fourth-order valence-electron chi connectivity index (χ4n) is 3.44. The largest absolute Gasteiger partial charge is 0.330 e. The summed E-state index contributed by atoms with van der Waals surface area (Å²) in [6.07, 6.45) is 4.29. The highest BCUT2D eigenvalue weighted by atomic mass is 32.2. The van der Waals surface area contributed by atoms with Gasteiger partial charge in [0.1, 0.15) is 0 Å². The molecular formula is C21H23N3OS. The summed E-state index contributed by atoms with van der Waals surface area (Å²) in [5.41, 5.74) is 2.95. The van der Waals surface area contributed by atoms with Crippen molar-refractivity contribution in [1.82, 2.24) is 14.5 Å². The fraction of sp³-hybridized carbons (Fsp3) is 0.286. The van der Waals surface area contributed by atoms with Gasteiger partial charge in [0.05, 0.1) is 11.0 Å². The van der Waals surface area contributed by atoms with Gasteiger partial charge in [-0.3, -0.25) is 9.47 Å². The number of rotatable bonds is 6. The van der Waals surface area contributed by atoms with Crippen molar-refractivity contribution in [1.29, 1.82) is 0 Å².